The van der Waals surface area contributed by atoms with Crippen molar-refractivity contribution in [2.24, 2.45) is 0 Å². The summed E-state index contributed by atoms with van der Waals surface area (Å²) >= 11 is 12.7. The second kappa shape index (κ2) is 5.66. The number of para-hydroxylation sites is 1. The van der Waals surface area contributed by atoms with Crippen molar-refractivity contribution in [3.8, 4) is 0 Å². The number of pyridine rings is 1. The lowest BCUT2D eigenvalue weighted by atomic mass is 10.2. The van der Waals surface area contributed by atoms with E-state index in [4.69, 9.17) is 23.2 Å². The van der Waals surface area contributed by atoms with Crippen molar-refractivity contribution in [3.63, 3.8) is 0 Å². The van der Waals surface area contributed by atoms with Gasteiger partial charge in [0.25, 0.3) is 0 Å². The molecule has 5 heteroatoms. The standard InChI is InChI=1S/C16H15Cl2N3/c1-10-5-4-8-19-14(10)9-21-15-12(18)6-3-7-13(15)20-16(21)11(2)17/h3-8,11H,9H2,1-2H3. The monoisotopic (exact) mass is 319 g/mol. The average molecular weight is 320 g/mol. The van der Waals surface area contributed by atoms with Gasteiger partial charge in [-0.1, -0.05) is 23.7 Å². The van der Waals surface area contributed by atoms with E-state index in [9.17, 15) is 0 Å². The summed E-state index contributed by atoms with van der Waals surface area (Å²) in [4.78, 5) is 9.07. The molecule has 1 atom stereocenters. The molecule has 0 aliphatic heterocycles. The van der Waals surface area contributed by atoms with Gasteiger partial charge in [-0.15, -0.1) is 11.6 Å². The van der Waals surface area contributed by atoms with Gasteiger partial charge in [-0.25, -0.2) is 4.98 Å². The van der Waals surface area contributed by atoms with Gasteiger partial charge in [-0.3, -0.25) is 4.98 Å². The van der Waals surface area contributed by atoms with Crippen LogP contribution in [0.5, 0.6) is 0 Å². The molecule has 1 unspecified atom stereocenters. The van der Waals surface area contributed by atoms with Gasteiger partial charge >= 0.3 is 0 Å². The van der Waals surface area contributed by atoms with Crippen LogP contribution >= 0.6 is 23.2 Å². The number of nitrogens with zero attached hydrogens (tertiary/aromatic N) is 3. The van der Waals surface area contributed by atoms with Crippen LogP contribution in [0.2, 0.25) is 5.02 Å². The minimum atomic E-state index is -0.197. The van der Waals surface area contributed by atoms with Crippen molar-refractivity contribution in [1.29, 1.82) is 0 Å². The Bertz CT molecular complexity index is 793. The van der Waals surface area contributed by atoms with Crippen LogP contribution in [0.4, 0.5) is 0 Å². The lowest BCUT2D eigenvalue weighted by Gasteiger charge is -2.12. The highest BCUT2D eigenvalue weighted by Crippen LogP contribution is 2.30. The molecule has 3 rings (SSSR count). The molecule has 3 nitrogen and oxygen atoms in total. The largest absolute Gasteiger partial charge is 0.319 e. The number of alkyl halides is 1. The van der Waals surface area contributed by atoms with Crippen LogP contribution in [0.3, 0.4) is 0 Å². The lowest BCUT2D eigenvalue weighted by Crippen LogP contribution is -2.08. The maximum atomic E-state index is 6.36. The molecule has 0 fully saturated rings. The van der Waals surface area contributed by atoms with Gasteiger partial charge in [0.2, 0.25) is 0 Å². The van der Waals surface area contributed by atoms with E-state index in [-0.39, 0.29) is 5.38 Å². The third-order valence-electron chi connectivity index (χ3n) is 3.53. The smallest absolute Gasteiger partial charge is 0.128 e. The van der Waals surface area contributed by atoms with E-state index in [0.717, 1.165) is 28.1 Å². The van der Waals surface area contributed by atoms with Gasteiger partial charge in [0, 0.05) is 6.20 Å². The summed E-state index contributed by atoms with van der Waals surface area (Å²) in [5.41, 5.74) is 3.90. The lowest BCUT2D eigenvalue weighted by molar-refractivity contribution is 0.723. The number of aromatic nitrogens is 3. The van der Waals surface area contributed by atoms with Crippen LogP contribution in [0.25, 0.3) is 11.0 Å². The molecule has 0 saturated carbocycles. The Morgan fingerprint density at radius 2 is 2.05 bits per heavy atom. The second-order valence-electron chi connectivity index (χ2n) is 5.05. The maximum absolute atomic E-state index is 6.36. The molecule has 0 radical (unpaired) electrons. The molecule has 1 aromatic carbocycles. The molecule has 3 aromatic rings. The Morgan fingerprint density at radius 1 is 1.24 bits per heavy atom. The summed E-state index contributed by atoms with van der Waals surface area (Å²) < 4.78 is 2.06. The molecule has 0 aliphatic rings. The molecule has 21 heavy (non-hydrogen) atoms. The van der Waals surface area contributed by atoms with Crippen LogP contribution in [0.15, 0.2) is 36.5 Å². The molecule has 108 valence electrons. The van der Waals surface area contributed by atoms with E-state index < -0.39 is 0 Å². The Morgan fingerprint density at radius 3 is 2.76 bits per heavy atom. The fraction of sp³-hybridized carbons (Fsp3) is 0.250. The zero-order valence-corrected chi connectivity index (χ0v) is 13.4. The van der Waals surface area contributed by atoms with Crippen LogP contribution in [-0.2, 0) is 6.54 Å². The van der Waals surface area contributed by atoms with Gasteiger partial charge in [0.05, 0.1) is 33.7 Å². The Balaban J connectivity index is 2.20. The highest BCUT2D eigenvalue weighted by molar-refractivity contribution is 6.35. The number of aryl methyl sites for hydroxylation is 1. The SMILES string of the molecule is Cc1cccnc1Cn1c(C(C)Cl)nc2cccc(Cl)c21. The van der Waals surface area contributed by atoms with Crippen LogP contribution in [-0.4, -0.2) is 14.5 Å². The van der Waals surface area contributed by atoms with Crippen molar-refractivity contribution >= 4 is 34.2 Å². The molecular weight excluding hydrogens is 305 g/mol. The maximum Gasteiger partial charge on any atom is 0.128 e. The van der Waals surface area contributed by atoms with Crippen LogP contribution in [0, 0.1) is 6.92 Å². The third kappa shape index (κ3) is 2.63. The fourth-order valence-electron chi connectivity index (χ4n) is 2.46. The first kappa shape index (κ1) is 14.4. The Hall–Kier alpha value is -1.58. The van der Waals surface area contributed by atoms with Crippen LogP contribution in [0.1, 0.15) is 29.4 Å². The van der Waals surface area contributed by atoms with E-state index in [1.807, 2.05) is 44.2 Å². The zero-order chi connectivity index (χ0) is 15.0. The van der Waals surface area contributed by atoms with Gasteiger partial charge in [-0.2, -0.15) is 0 Å². The minimum absolute atomic E-state index is 0.197. The number of imidazole rings is 1. The first-order valence-electron chi connectivity index (χ1n) is 6.77. The third-order valence-corrected chi connectivity index (χ3v) is 4.03. The Kier molecular flexibility index (Phi) is 3.87. The number of hydrogen-bond acceptors (Lipinski definition) is 2. The van der Waals surface area contributed by atoms with Gasteiger partial charge in [0.1, 0.15) is 5.82 Å². The quantitative estimate of drug-likeness (QED) is 0.653. The topological polar surface area (TPSA) is 30.7 Å². The number of halogens is 2. The highest BCUT2D eigenvalue weighted by Gasteiger charge is 2.17. The highest BCUT2D eigenvalue weighted by atomic mass is 35.5. The summed E-state index contributed by atoms with van der Waals surface area (Å²) in [6.45, 7) is 4.57. The summed E-state index contributed by atoms with van der Waals surface area (Å²) in [6, 6.07) is 9.70. The molecule has 0 saturated heterocycles. The number of hydrogen-bond donors (Lipinski definition) is 0. The van der Waals surface area contributed by atoms with Crippen molar-refractivity contribution in [2.45, 2.75) is 25.8 Å². The number of rotatable bonds is 3. The van der Waals surface area contributed by atoms with Gasteiger partial charge < -0.3 is 4.57 Å². The zero-order valence-electron chi connectivity index (χ0n) is 11.8. The average Bonchev–Trinajstić information content (AvgIpc) is 2.82. The summed E-state index contributed by atoms with van der Waals surface area (Å²) in [5.74, 6) is 0.810. The molecule has 2 aromatic heterocycles. The predicted octanol–water partition coefficient (Wildman–Crippen LogP) is 4.74. The number of fused-ring (bicyclic) bond motifs is 1. The number of benzene rings is 1. The van der Waals surface area contributed by atoms with Crippen molar-refractivity contribution < 1.29 is 0 Å². The van der Waals surface area contributed by atoms with E-state index in [1.165, 1.54) is 0 Å². The van der Waals surface area contributed by atoms with Gasteiger partial charge in [-0.05, 0) is 37.6 Å². The summed E-state index contributed by atoms with van der Waals surface area (Å²) in [6.07, 6.45) is 1.80. The summed E-state index contributed by atoms with van der Waals surface area (Å²) in [5, 5.41) is 0.481. The van der Waals surface area contributed by atoms with E-state index >= 15 is 0 Å². The molecule has 0 N–H and O–H groups in total. The molecule has 2 heterocycles. The second-order valence-corrected chi connectivity index (χ2v) is 6.11. The van der Waals surface area contributed by atoms with Crippen molar-refractivity contribution in [3.05, 3.63) is 58.6 Å². The van der Waals surface area contributed by atoms with Crippen molar-refractivity contribution in [2.75, 3.05) is 0 Å². The first-order valence-corrected chi connectivity index (χ1v) is 7.58. The normalized spacial score (nSPS) is 12.8. The van der Waals surface area contributed by atoms with E-state index in [2.05, 4.69) is 14.5 Å². The molecule has 0 spiro atoms. The van der Waals surface area contributed by atoms with E-state index in [0.29, 0.717) is 11.6 Å². The predicted molar refractivity (Wildman–Crippen MR) is 87.1 cm³/mol. The van der Waals surface area contributed by atoms with Gasteiger partial charge in [0.15, 0.2) is 0 Å². The molecule has 0 bridgehead atoms. The Labute approximate surface area is 133 Å². The fourth-order valence-corrected chi connectivity index (χ4v) is 2.90. The minimum Gasteiger partial charge on any atom is -0.319 e. The molecule has 0 aliphatic carbocycles. The van der Waals surface area contributed by atoms with Crippen LogP contribution < -0.4 is 0 Å². The van der Waals surface area contributed by atoms with Crippen molar-refractivity contribution in [1.82, 2.24) is 14.5 Å². The van der Waals surface area contributed by atoms with E-state index in [1.54, 1.807) is 6.20 Å². The first-order chi connectivity index (χ1) is 10.1. The molecular formula is C16H15Cl2N3. The summed E-state index contributed by atoms with van der Waals surface area (Å²) in [7, 11) is 0. The molecule has 0 amide bonds.